The fraction of sp³-hybridized carbons (Fsp3) is 0.375. The van der Waals surface area contributed by atoms with Crippen molar-refractivity contribution in [3.8, 4) is 5.75 Å². The summed E-state index contributed by atoms with van der Waals surface area (Å²) >= 11 is 0.955. The van der Waals surface area contributed by atoms with Crippen molar-refractivity contribution in [2.45, 2.75) is 19.6 Å². The van der Waals surface area contributed by atoms with Gasteiger partial charge in [-0.3, -0.25) is 4.99 Å². The van der Waals surface area contributed by atoms with Crippen molar-refractivity contribution >= 4 is 17.3 Å². The molecule has 1 heterocycles. The van der Waals surface area contributed by atoms with Crippen LogP contribution < -0.4 is 15.4 Å². The zero-order valence-corrected chi connectivity index (χ0v) is 14.7. The highest BCUT2D eigenvalue weighted by Crippen LogP contribution is 2.29. The Bertz CT molecular complexity index is 715. The van der Waals surface area contributed by atoms with Gasteiger partial charge in [-0.05, 0) is 18.6 Å². The molecule has 25 heavy (non-hydrogen) atoms. The molecule has 5 nitrogen and oxygen atoms in total. The van der Waals surface area contributed by atoms with E-state index in [1.807, 2.05) is 31.2 Å². The molecule has 0 amide bonds. The van der Waals surface area contributed by atoms with Crippen LogP contribution in [0.3, 0.4) is 0 Å². The van der Waals surface area contributed by atoms with Crippen molar-refractivity contribution in [1.82, 2.24) is 15.6 Å². The molecule has 0 fully saturated rings. The van der Waals surface area contributed by atoms with E-state index < -0.39 is 11.9 Å². The van der Waals surface area contributed by atoms with Gasteiger partial charge in [0.25, 0.3) is 0 Å². The number of ether oxygens (including phenoxy) is 1. The fourth-order valence-corrected chi connectivity index (χ4v) is 2.69. The van der Waals surface area contributed by atoms with Crippen LogP contribution in [0.2, 0.25) is 0 Å². The van der Waals surface area contributed by atoms with Gasteiger partial charge < -0.3 is 15.4 Å². The zero-order chi connectivity index (χ0) is 18.3. The molecule has 0 saturated carbocycles. The van der Waals surface area contributed by atoms with Gasteiger partial charge in [0, 0.05) is 12.4 Å². The number of para-hydroxylation sites is 1. The Balaban J connectivity index is 1.74. The van der Waals surface area contributed by atoms with Gasteiger partial charge in [0.2, 0.25) is 0 Å². The Kier molecular flexibility index (Phi) is 6.63. The molecule has 0 bridgehead atoms. The number of rotatable bonds is 6. The lowest BCUT2D eigenvalue weighted by atomic mass is 10.2. The fourth-order valence-electron chi connectivity index (χ4n) is 1.95. The summed E-state index contributed by atoms with van der Waals surface area (Å²) in [6.45, 7) is 3.06. The molecule has 2 N–H and O–H groups in total. The molecule has 0 unspecified atom stereocenters. The maximum atomic E-state index is 12.5. The van der Waals surface area contributed by atoms with Crippen LogP contribution in [0.15, 0.2) is 34.6 Å². The summed E-state index contributed by atoms with van der Waals surface area (Å²) in [5.74, 6) is 1.28. The van der Waals surface area contributed by atoms with E-state index in [9.17, 15) is 13.2 Å². The van der Waals surface area contributed by atoms with Gasteiger partial charge in [0.05, 0.1) is 13.1 Å². The number of hydrogen-bond donors (Lipinski definition) is 2. The van der Waals surface area contributed by atoms with Gasteiger partial charge in [-0.25, -0.2) is 4.98 Å². The molecule has 2 rings (SSSR count). The summed E-state index contributed by atoms with van der Waals surface area (Å²) < 4.78 is 43.2. The molecule has 0 aliphatic rings. The third-order valence-corrected chi connectivity index (χ3v) is 4.07. The summed E-state index contributed by atoms with van der Waals surface area (Å²) in [6, 6.07) is 7.70. The van der Waals surface area contributed by atoms with Gasteiger partial charge in [-0.1, -0.05) is 18.2 Å². The Morgan fingerprint density at radius 3 is 2.68 bits per heavy atom. The Labute approximate surface area is 148 Å². The summed E-state index contributed by atoms with van der Waals surface area (Å²) in [4.78, 5) is 7.57. The van der Waals surface area contributed by atoms with Crippen LogP contribution in [-0.2, 0) is 12.7 Å². The Morgan fingerprint density at radius 2 is 2.04 bits per heavy atom. The van der Waals surface area contributed by atoms with E-state index in [0.29, 0.717) is 24.1 Å². The quantitative estimate of drug-likeness (QED) is 0.464. The molecular formula is C16H19F3N4OS. The first-order chi connectivity index (χ1) is 11.9. The first-order valence-electron chi connectivity index (χ1n) is 7.54. The molecule has 0 saturated heterocycles. The van der Waals surface area contributed by atoms with E-state index in [-0.39, 0.29) is 6.54 Å². The van der Waals surface area contributed by atoms with Crippen LogP contribution in [0.4, 0.5) is 13.2 Å². The summed E-state index contributed by atoms with van der Waals surface area (Å²) in [5, 5.41) is 7.30. The van der Waals surface area contributed by atoms with E-state index >= 15 is 0 Å². The molecule has 0 radical (unpaired) electrons. The van der Waals surface area contributed by atoms with Crippen LogP contribution in [0.1, 0.15) is 16.3 Å². The molecule has 0 spiro atoms. The lowest BCUT2D eigenvalue weighted by molar-refractivity contribution is -0.140. The number of guanidine groups is 1. The van der Waals surface area contributed by atoms with Gasteiger partial charge in [0.15, 0.2) is 11.7 Å². The van der Waals surface area contributed by atoms with Crippen LogP contribution >= 0.6 is 11.3 Å². The molecule has 2 aromatic rings. The Hall–Kier alpha value is -2.29. The van der Waals surface area contributed by atoms with Crippen molar-refractivity contribution < 1.29 is 17.9 Å². The summed E-state index contributed by atoms with van der Waals surface area (Å²) in [7, 11) is 1.58. The minimum atomic E-state index is -4.42. The minimum absolute atomic E-state index is 0.166. The van der Waals surface area contributed by atoms with Crippen molar-refractivity contribution in [2.24, 2.45) is 4.99 Å². The van der Waals surface area contributed by atoms with Gasteiger partial charge >= 0.3 is 6.18 Å². The van der Waals surface area contributed by atoms with Crippen LogP contribution in [0.25, 0.3) is 0 Å². The lowest BCUT2D eigenvalue weighted by Crippen LogP contribution is -2.38. The number of hydrogen-bond acceptors (Lipinski definition) is 4. The van der Waals surface area contributed by atoms with E-state index in [1.165, 1.54) is 0 Å². The standard InChI is InChI=1S/C16H19F3N4OS/c1-11-5-3-4-6-12(11)24-8-7-21-15(20-2)22-9-14-23-13(10-25-14)16(17,18)19/h3-6,10H,7-9H2,1-2H3,(H2,20,21,22). The van der Waals surface area contributed by atoms with Crippen LogP contribution in [0, 0.1) is 6.92 Å². The molecule has 0 aliphatic carbocycles. The topological polar surface area (TPSA) is 58.5 Å². The average molecular weight is 372 g/mol. The van der Waals surface area contributed by atoms with Crippen molar-refractivity contribution in [3.63, 3.8) is 0 Å². The lowest BCUT2D eigenvalue weighted by Gasteiger charge is -2.12. The zero-order valence-electron chi connectivity index (χ0n) is 13.9. The number of nitrogens with one attached hydrogen (secondary N) is 2. The summed E-state index contributed by atoms with van der Waals surface area (Å²) in [6.07, 6.45) is -4.42. The molecule has 1 aromatic heterocycles. The molecule has 1 aromatic carbocycles. The van der Waals surface area contributed by atoms with Gasteiger partial charge in [-0.15, -0.1) is 11.3 Å². The first-order valence-corrected chi connectivity index (χ1v) is 8.42. The van der Waals surface area contributed by atoms with E-state index in [2.05, 4.69) is 20.6 Å². The second-order valence-corrected chi connectivity index (χ2v) is 6.03. The Morgan fingerprint density at radius 1 is 1.28 bits per heavy atom. The number of benzene rings is 1. The highest BCUT2D eigenvalue weighted by molar-refractivity contribution is 7.09. The molecule has 0 atom stereocenters. The van der Waals surface area contributed by atoms with Gasteiger partial charge in [0.1, 0.15) is 17.4 Å². The van der Waals surface area contributed by atoms with Crippen molar-refractivity contribution in [2.75, 3.05) is 20.2 Å². The third kappa shape index (κ3) is 5.93. The number of thiazole rings is 1. The first kappa shape index (κ1) is 19.0. The number of nitrogens with zero attached hydrogens (tertiary/aromatic N) is 2. The maximum Gasteiger partial charge on any atom is 0.434 e. The number of alkyl halides is 3. The summed E-state index contributed by atoms with van der Waals surface area (Å²) in [5.41, 5.74) is 0.179. The molecule has 136 valence electrons. The number of aryl methyl sites for hydroxylation is 1. The average Bonchev–Trinajstić information content (AvgIpc) is 3.05. The minimum Gasteiger partial charge on any atom is -0.491 e. The number of halogens is 3. The maximum absolute atomic E-state index is 12.5. The molecule has 0 aliphatic heterocycles. The second kappa shape index (κ2) is 8.70. The highest BCUT2D eigenvalue weighted by atomic mass is 32.1. The van der Waals surface area contributed by atoms with E-state index in [4.69, 9.17) is 4.74 Å². The van der Waals surface area contributed by atoms with Crippen molar-refractivity contribution in [3.05, 3.63) is 45.9 Å². The number of aliphatic imine (C=N–C) groups is 1. The third-order valence-electron chi connectivity index (χ3n) is 3.22. The predicted octanol–water partition coefficient (Wildman–Crippen LogP) is 3.21. The van der Waals surface area contributed by atoms with E-state index in [0.717, 1.165) is 28.0 Å². The SMILES string of the molecule is CN=C(NCCOc1ccccc1C)NCc1nc(C(F)(F)F)cs1. The molecular weight excluding hydrogens is 353 g/mol. The number of aromatic nitrogens is 1. The predicted molar refractivity (Wildman–Crippen MR) is 92.0 cm³/mol. The highest BCUT2D eigenvalue weighted by Gasteiger charge is 2.33. The normalized spacial score (nSPS) is 12.1. The monoisotopic (exact) mass is 372 g/mol. The second-order valence-electron chi connectivity index (χ2n) is 5.09. The van der Waals surface area contributed by atoms with Crippen LogP contribution in [-0.4, -0.2) is 31.1 Å². The largest absolute Gasteiger partial charge is 0.491 e. The van der Waals surface area contributed by atoms with E-state index in [1.54, 1.807) is 7.05 Å². The van der Waals surface area contributed by atoms with Gasteiger partial charge in [-0.2, -0.15) is 13.2 Å². The van der Waals surface area contributed by atoms with Crippen molar-refractivity contribution in [1.29, 1.82) is 0 Å². The molecule has 9 heteroatoms. The van der Waals surface area contributed by atoms with Crippen LogP contribution in [0.5, 0.6) is 5.75 Å². The smallest absolute Gasteiger partial charge is 0.434 e.